The lowest BCUT2D eigenvalue weighted by Gasteiger charge is -2.26. The van der Waals surface area contributed by atoms with Crippen LogP contribution >= 0.6 is 23.1 Å². The Bertz CT molecular complexity index is 1260. The van der Waals surface area contributed by atoms with E-state index in [-0.39, 0.29) is 11.8 Å². The van der Waals surface area contributed by atoms with Gasteiger partial charge in [-0.25, -0.2) is 14.4 Å². The van der Waals surface area contributed by atoms with Crippen molar-refractivity contribution in [3.05, 3.63) is 71.1 Å². The van der Waals surface area contributed by atoms with Crippen molar-refractivity contribution >= 4 is 46.0 Å². The maximum absolute atomic E-state index is 13.3. The van der Waals surface area contributed by atoms with Gasteiger partial charge in [0.15, 0.2) is 12.2 Å². The number of guanidine groups is 2. The normalized spacial score (nSPS) is 11.2. The Balaban J connectivity index is 1.40. The van der Waals surface area contributed by atoms with Crippen LogP contribution in [0.4, 0.5) is 15.3 Å². The molecule has 0 radical (unpaired) electrons. The number of nitriles is 1. The van der Waals surface area contributed by atoms with Gasteiger partial charge in [0, 0.05) is 55.8 Å². The molecule has 2 heterocycles. The van der Waals surface area contributed by atoms with E-state index in [0.29, 0.717) is 37.3 Å². The molecule has 40 heavy (non-hydrogen) atoms. The van der Waals surface area contributed by atoms with Gasteiger partial charge in [0.2, 0.25) is 11.1 Å². The number of hydrogen-bond acceptors (Lipinski definition) is 9. The summed E-state index contributed by atoms with van der Waals surface area (Å²) in [5.74, 6) is 2.60. The van der Waals surface area contributed by atoms with Crippen LogP contribution in [0.1, 0.15) is 11.3 Å². The monoisotopic (exact) mass is 583 g/mol. The summed E-state index contributed by atoms with van der Waals surface area (Å²) in [5.41, 5.74) is 12.7. The number of anilines is 1. The molecular formula is C26H34FN11S2. The molecule has 14 heteroatoms. The zero-order valence-corrected chi connectivity index (χ0v) is 24.0. The van der Waals surface area contributed by atoms with E-state index in [1.807, 2.05) is 36.8 Å². The summed E-state index contributed by atoms with van der Waals surface area (Å²) in [7, 11) is 2.03. The van der Waals surface area contributed by atoms with Crippen molar-refractivity contribution in [1.82, 2.24) is 25.5 Å². The summed E-state index contributed by atoms with van der Waals surface area (Å²) in [6.45, 7) is 4.01. The van der Waals surface area contributed by atoms with Crippen LogP contribution in [0.25, 0.3) is 0 Å². The first kappa shape index (κ1) is 30.6. The largest absolute Gasteiger partial charge is 0.370 e. The van der Waals surface area contributed by atoms with Crippen molar-refractivity contribution in [1.29, 1.82) is 5.26 Å². The molecule has 0 aliphatic carbocycles. The van der Waals surface area contributed by atoms with Crippen LogP contribution in [0.2, 0.25) is 0 Å². The molecule has 0 atom stereocenters. The SMILES string of the molecule is CN(CCN=C(NC#N)NCCSCc1csc(N=C(N)N)n1)CCN(Cc1ccc(F)cc1)c1ccccn1. The molecule has 11 nitrogen and oxygen atoms in total. The molecular weight excluding hydrogens is 549 g/mol. The minimum Gasteiger partial charge on any atom is -0.370 e. The zero-order chi connectivity index (χ0) is 28.6. The highest BCUT2D eigenvalue weighted by molar-refractivity contribution is 7.98. The molecule has 212 valence electrons. The summed E-state index contributed by atoms with van der Waals surface area (Å²) in [6.07, 6.45) is 3.70. The van der Waals surface area contributed by atoms with E-state index in [1.165, 1.54) is 23.5 Å². The van der Waals surface area contributed by atoms with E-state index in [1.54, 1.807) is 30.1 Å². The summed E-state index contributed by atoms with van der Waals surface area (Å²) >= 11 is 3.10. The molecule has 0 bridgehead atoms. The number of aliphatic imine (C=N–C) groups is 2. The summed E-state index contributed by atoms with van der Waals surface area (Å²) in [4.78, 5) is 21.7. The maximum atomic E-state index is 13.3. The van der Waals surface area contributed by atoms with Crippen LogP contribution in [0, 0.1) is 17.3 Å². The number of rotatable bonds is 15. The summed E-state index contributed by atoms with van der Waals surface area (Å²) in [6, 6.07) is 12.3. The molecule has 0 saturated heterocycles. The molecule has 1 aromatic carbocycles. The minimum atomic E-state index is -0.248. The predicted octanol–water partition coefficient (Wildman–Crippen LogP) is 2.47. The molecule has 0 aliphatic rings. The van der Waals surface area contributed by atoms with Gasteiger partial charge < -0.3 is 26.6 Å². The minimum absolute atomic E-state index is 0.00548. The van der Waals surface area contributed by atoms with Gasteiger partial charge >= 0.3 is 0 Å². The molecule has 0 saturated carbocycles. The fourth-order valence-corrected chi connectivity index (χ4v) is 5.06. The van der Waals surface area contributed by atoms with Gasteiger partial charge in [-0.3, -0.25) is 10.3 Å². The number of benzene rings is 1. The second-order valence-electron chi connectivity index (χ2n) is 8.64. The van der Waals surface area contributed by atoms with Crippen molar-refractivity contribution < 1.29 is 4.39 Å². The van der Waals surface area contributed by atoms with Crippen molar-refractivity contribution in [2.24, 2.45) is 21.5 Å². The van der Waals surface area contributed by atoms with Crippen LogP contribution < -0.4 is 27.0 Å². The fourth-order valence-electron chi connectivity index (χ4n) is 3.50. The molecule has 3 rings (SSSR count). The Labute approximate surface area is 242 Å². The lowest BCUT2D eigenvalue weighted by Crippen LogP contribution is -2.37. The van der Waals surface area contributed by atoms with Crippen molar-refractivity contribution in [3.63, 3.8) is 0 Å². The Hall–Kier alpha value is -3.93. The standard InChI is InChI=1S/C26H34FN11S2/c1-37(13-14-38(23-4-2-3-9-31-23)16-20-5-7-21(27)8-6-20)12-10-32-25(34-19-28)33-11-15-39-17-22-18-40-26(35-22)36-24(29)30/h2-9,18H,10-17H2,1H3,(H2,32,33,34)(H4,29,30,35,36). The number of nitrogens with zero attached hydrogens (tertiary/aromatic N) is 7. The Morgan fingerprint density at radius 3 is 2.73 bits per heavy atom. The number of aromatic nitrogens is 2. The van der Waals surface area contributed by atoms with Gasteiger partial charge in [0.05, 0.1) is 12.2 Å². The second-order valence-corrected chi connectivity index (χ2v) is 10.6. The maximum Gasteiger partial charge on any atom is 0.212 e. The highest BCUT2D eigenvalue weighted by Gasteiger charge is 2.10. The van der Waals surface area contributed by atoms with Crippen LogP contribution in [0.5, 0.6) is 0 Å². The number of nitrogens with one attached hydrogen (secondary N) is 2. The van der Waals surface area contributed by atoms with E-state index >= 15 is 0 Å². The van der Waals surface area contributed by atoms with E-state index in [2.05, 4.69) is 40.4 Å². The van der Waals surface area contributed by atoms with Crippen LogP contribution in [-0.4, -0.2) is 72.3 Å². The third-order valence-electron chi connectivity index (χ3n) is 5.49. The second kappa shape index (κ2) is 16.9. The topological polar surface area (TPSA) is 157 Å². The lowest BCUT2D eigenvalue weighted by atomic mass is 10.2. The highest BCUT2D eigenvalue weighted by Crippen LogP contribution is 2.21. The van der Waals surface area contributed by atoms with Crippen LogP contribution in [-0.2, 0) is 12.3 Å². The molecule has 3 aromatic rings. The summed E-state index contributed by atoms with van der Waals surface area (Å²) in [5, 5.41) is 17.4. The van der Waals surface area contributed by atoms with Crippen molar-refractivity contribution in [3.8, 4) is 6.19 Å². The predicted molar refractivity (Wildman–Crippen MR) is 162 cm³/mol. The van der Waals surface area contributed by atoms with E-state index in [9.17, 15) is 4.39 Å². The van der Waals surface area contributed by atoms with E-state index in [0.717, 1.165) is 41.7 Å². The first-order valence-electron chi connectivity index (χ1n) is 12.6. The average Bonchev–Trinajstić information content (AvgIpc) is 3.38. The van der Waals surface area contributed by atoms with Gasteiger partial charge in [-0.05, 0) is 36.9 Å². The molecule has 0 amide bonds. The molecule has 0 aliphatic heterocycles. The molecule has 2 aromatic heterocycles. The van der Waals surface area contributed by atoms with Gasteiger partial charge in [0.25, 0.3) is 0 Å². The summed E-state index contributed by atoms with van der Waals surface area (Å²) < 4.78 is 13.3. The first-order valence-corrected chi connectivity index (χ1v) is 14.6. The first-order chi connectivity index (χ1) is 19.4. The molecule has 0 fully saturated rings. The van der Waals surface area contributed by atoms with Crippen LogP contribution in [0.3, 0.4) is 0 Å². The van der Waals surface area contributed by atoms with Crippen molar-refractivity contribution in [2.45, 2.75) is 12.3 Å². The van der Waals surface area contributed by atoms with Crippen LogP contribution in [0.15, 0.2) is 64.0 Å². The number of thioether (sulfide) groups is 1. The number of likely N-dealkylation sites (N-methyl/N-ethyl adjacent to an activating group) is 1. The Morgan fingerprint density at radius 2 is 2.00 bits per heavy atom. The smallest absolute Gasteiger partial charge is 0.212 e. The quantitative estimate of drug-likeness (QED) is 0.0689. The number of halogens is 1. The lowest BCUT2D eigenvalue weighted by molar-refractivity contribution is 0.348. The fraction of sp³-hybridized carbons (Fsp3) is 0.346. The zero-order valence-electron chi connectivity index (χ0n) is 22.3. The average molecular weight is 584 g/mol. The number of nitrogens with two attached hydrogens (primary N) is 2. The third kappa shape index (κ3) is 11.4. The Morgan fingerprint density at radius 1 is 1.18 bits per heavy atom. The third-order valence-corrected chi connectivity index (χ3v) is 7.27. The van der Waals surface area contributed by atoms with Crippen molar-refractivity contribution in [2.75, 3.05) is 50.4 Å². The van der Waals surface area contributed by atoms with E-state index in [4.69, 9.17) is 16.7 Å². The van der Waals surface area contributed by atoms with Gasteiger partial charge in [-0.1, -0.05) is 18.2 Å². The number of hydrogen-bond donors (Lipinski definition) is 4. The van der Waals surface area contributed by atoms with Gasteiger partial charge in [0.1, 0.15) is 11.6 Å². The van der Waals surface area contributed by atoms with Gasteiger partial charge in [-0.2, -0.15) is 22.0 Å². The molecule has 6 N–H and O–H groups in total. The highest BCUT2D eigenvalue weighted by atomic mass is 32.2. The molecule has 0 unspecified atom stereocenters. The Kier molecular flexibility index (Phi) is 12.9. The van der Waals surface area contributed by atoms with E-state index < -0.39 is 0 Å². The number of pyridine rings is 1. The van der Waals surface area contributed by atoms with Gasteiger partial charge in [-0.15, -0.1) is 11.3 Å². The molecule has 0 spiro atoms. The number of thiazole rings is 1.